The molecule has 1 aromatic rings. The van der Waals surface area contributed by atoms with E-state index in [1.165, 1.54) is 6.07 Å². The lowest BCUT2D eigenvalue weighted by molar-refractivity contribution is 0.121. The first-order valence-corrected chi connectivity index (χ1v) is 7.40. The molecule has 6 nitrogen and oxygen atoms in total. The lowest BCUT2D eigenvalue weighted by Crippen LogP contribution is -2.10. The van der Waals surface area contributed by atoms with Crippen molar-refractivity contribution in [2.45, 2.75) is 11.8 Å². The van der Waals surface area contributed by atoms with Crippen LogP contribution in [0.3, 0.4) is 0 Å². The van der Waals surface area contributed by atoms with Crippen molar-refractivity contribution in [1.82, 2.24) is 0 Å². The van der Waals surface area contributed by atoms with Crippen LogP contribution >= 0.6 is 19.9 Å². The maximum atomic E-state index is 11.7. The van der Waals surface area contributed by atoms with Crippen LogP contribution in [0.4, 0.5) is 0 Å². The lowest BCUT2D eigenvalue weighted by atomic mass is 10.2. The van der Waals surface area contributed by atoms with E-state index in [1.807, 2.05) is 0 Å². The monoisotopic (exact) mass is 300 g/mol. The average molecular weight is 301 g/mol. The summed E-state index contributed by atoms with van der Waals surface area (Å²) in [6.07, 6.45) is 0. The van der Waals surface area contributed by atoms with Crippen LogP contribution < -0.4 is 0 Å². The standard InChI is InChI=1S/C8H10ClO6PS/c1-6-3-2-4-7(9)8(6)17(12,13)15-5-14-16(10)11/h2-4,16H,5H2,1H3,(H,10,11). The van der Waals surface area contributed by atoms with Gasteiger partial charge in [0.25, 0.3) is 0 Å². The van der Waals surface area contributed by atoms with E-state index in [2.05, 4.69) is 8.71 Å². The van der Waals surface area contributed by atoms with Gasteiger partial charge in [0, 0.05) is 0 Å². The zero-order valence-corrected chi connectivity index (χ0v) is 11.3. The Hall–Kier alpha value is -0.430. The zero-order chi connectivity index (χ0) is 13.1. The molecule has 9 heteroatoms. The quantitative estimate of drug-likeness (QED) is 0.506. The Labute approximate surface area is 104 Å². The van der Waals surface area contributed by atoms with Gasteiger partial charge in [-0.05, 0) is 18.6 Å². The first kappa shape index (κ1) is 14.6. The molecule has 0 spiro atoms. The number of aryl methyl sites for hydroxylation is 1. The van der Waals surface area contributed by atoms with Crippen LogP contribution in [-0.4, -0.2) is 20.1 Å². The molecule has 0 saturated carbocycles. The maximum absolute atomic E-state index is 11.7. The highest BCUT2D eigenvalue weighted by Crippen LogP contribution is 2.27. The zero-order valence-electron chi connectivity index (χ0n) is 8.71. The Morgan fingerprint density at radius 2 is 2.12 bits per heavy atom. The SMILES string of the molecule is Cc1cccc(Cl)c1S(=O)(=O)OCO[PH](=O)O. The highest BCUT2D eigenvalue weighted by Gasteiger charge is 2.21. The minimum absolute atomic E-state index is 0.0154. The summed E-state index contributed by atoms with van der Waals surface area (Å²) >= 11 is 5.75. The summed E-state index contributed by atoms with van der Waals surface area (Å²) in [5.74, 6) is 0. The van der Waals surface area contributed by atoms with Gasteiger partial charge in [0.1, 0.15) is 4.90 Å². The normalized spacial score (nSPS) is 13.6. The first-order chi connectivity index (χ1) is 7.84. The predicted molar refractivity (Wildman–Crippen MR) is 61.6 cm³/mol. The molecule has 0 aliphatic carbocycles. The Balaban J connectivity index is 2.94. The molecular formula is C8H10ClO6PS. The molecule has 0 aliphatic heterocycles. The van der Waals surface area contributed by atoms with Gasteiger partial charge in [-0.2, -0.15) is 8.42 Å². The van der Waals surface area contributed by atoms with Gasteiger partial charge in [0.05, 0.1) is 5.02 Å². The van der Waals surface area contributed by atoms with Crippen LogP contribution in [0.2, 0.25) is 5.02 Å². The van der Waals surface area contributed by atoms with Crippen LogP contribution in [0.25, 0.3) is 0 Å². The van der Waals surface area contributed by atoms with Gasteiger partial charge < -0.3 is 4.89 Å². The van der Waals surface area contributed by atoms with Gasteiger partial charge in [-0.3, -0.25) is 9.09 Å². The predicted octanol–water partition coefficient (Wildman–Crippen LogP) is 1.71. The molecule has 1 rings (SSSR count). The highest BCUT2D eigenvalue weighted by molar-refractivity contribution is 7.87. The van der Waals surface area contributed by atoms with Gasteiger partial charge in [-0.15, -0.1) is 0 Å². The topological polar surface area (TPSA) is 89.9 Å². The van der Waals surface area contributed by atoms with Crippen LogP contribution in [-0.2, 0) is 23.4 Å². The molecular weight excluding hydrogens is 291 g/mol. The van der Waals surface area contributed by atoms with E-state index in [9.17, 15) is 13.0 Å². The van der Waals surface area contributed by atoms with Crippen LogP contribution in [0.1, 0.15) is 5.56 Å². The van der Waals surface area contributed by atoms with Gasteiger partial charge in [0.15, 0.2) is 6.79 Å². The summed E-state index contributed by atoms with van der Waals surface area (Å²) in [5, 5.41) is 0.0154. The van der Waals surface area contributed by atoms with E-state index in [0.717, 1.165) is 0 Å². The number of hydrogen-bond acceptors (Lipinski definition) is 5. The molecule has 1 aromatic carbocycles. The third kappa shape index (κ3) is 4.06. The van der Waals surface area contributed by atoms with E-state index >= 15 is 0 Å². The molecule has 1 unspecified atom stereocenters. The summed E-state index contributed by atoms with van der Waals surface area (Å²) < 4.78 is 42.2. The fourth-order valence-electron chi connectivity index (χ4n) is 1.13. The van der Waals surface area contributed by atoms with Gasteiger partial charge in [0.2, 0.25) is 0 Å². The van der Waals surface area contributed by atoms with Gasteiger partial charge >= 0.3 is 18.4 Å². The number of benzene rings is 1. The Kier molecular flexibility index (Phi) is 5.12. The van der Waals surface area contributed by atoms with Crippen molar-refractivity contribution in [2.75, 3.05) is 6.79 Å². The van der Waals surface area contributed by atoms with E-state index < -0.39 is 25.2 Å². The molecule has 1 N–H and O–H groups in total. The van der Waals surface area contributed by atoms with Crippen LogP contribution in [0.5, 0.6) is 0 Å². The van der Waals surface area contributed by atoms with Crippen molar-refractivity contribution in [1.29, 1.82) is 0 Å². The molecule has 96 valence electrons. The molecule has 0 aliphatic rings. The molecule has 1 atom stereocenters. The Morgan fingerprint density at radius 1 is 1.47 bits per heavy atom. The summed E-state index contributed by atoms with van der Waals surface area (Å²) in [7, 11) is -7.34. The molecule has 0 aromatic heterocycles. The fraction of sp³-hybridized carbons (Fsp3) is 0.250. The van der Waals surface area contributed by atoms with E-state index in [-0.39, 0.29) is 9.92 Å². The molecule has 0 bridgehead atoms. The van der Waals surface area contributed by atoms with Gasteiger partial charge in [-0.1, -0.05) is 23.7 Å². The molecule has 0 saturated heterocycles. The van der Waals surface area contributed by atoms with Crippen molar-refractivity contribution < 1.29 is 26.6 Å². The minimum atomic E-state index is -4.11. The summed E-state index contributed by atoms with van der Waals surface area (Å²) in [6.45, 7) is 0.721. The van der Waals surface area contributed by atoms with Crippen molar-refractivity contribution in [3.05, 3.63) is 28.8 Å². The van der Waals surface area contributed by atoms with Gasteiger partial charge in [-0.25, -0.2) is 4.18 Å². The van der Waals surface area contributed by atoms with Crippen LogP contribution in [0.15, 0.2) is 23.1 Å². The number of hydrogen-bond donors (Lipinski definition) is 1. The minimum Gasteiger partial charge on any atom is -0.326 e. The summed E-state index contributed by atoms with van der Waals surface area (Å²) in [4.78, 5) is 8.17. The molecule has 17 heavy (non-hydrogen) atoms. The fourth-order valence-corrected chi connectivity index (χ4v) is 2.94. The highest BCUT2D eigenvalue weighted by atomic mass is 35.5. The number of rotatable bonds is 5. The summed E-state index contributed by atoms with van der Waals surface area (Å²) in [5.41, 5.74) is 0.411. The third-order valence-electron chi connectivity index (χ3n) is 1.80. The molecule has 0 radical (unpaired) electrons. The smallest absolute Gasteiger partial charge is 0.318 e. The Bertz CT molecular complexity index is 509. The van der Waals surface area contributed by atoms with Crippen molar-refractivity contribution in [3.63, 3.8) is 0 Å². The first-order valence-electron chi connectivity index (χ1n) is 4.35. The van der Waals surface area contributed by atoms with Crippen molar-refractivity contribution >= 4 is 30.0 Å². The third-order valence-corrected chi connectivity index (χ3v) is 4.04. The number of halogens is 1. The lowest BCUT2D eigenvalue weighted by Gasteiger charge is -2.09. The second kappa shape index (κ2) is 5.95. The van der Waals surface area contributed by atoms with Crippen molar-refractivity contribution in [3.8, 4) is 0 Å². The molecule has 0 amide bonds. The van der Waals surface area contributed by atoms with E-state index in [1.54, 1.807) is 19.1 Å². The largest absolute Gasteiger partial charge is 0.326 e. The summed E-state index contributed by atoms with van der Waals surface area (Å²) in [6, 6.07) is 4.55. The molecule has 0 fully saturated rings. The van der Waals surface area contributed by atoms with E-state index in [0.29, 0.717) is 5.56 Å². The maximum Gasteiger partial charge on any atom is 0.318 e. The Morgan fingerprint density at radius 3 is 2.65 bits per heavy atom. The van der Waals surface area contributed by atoms with E-state index in [4.69, 9.17) is 16.5 Å². The second-order valence-electron chi connectivity index (χ2n) is 2.99. The molecule has 0 heterocycles. The average Bonchev–Trinajstić information content (AvgIpc) is 2.15. The van der Waals surface area contributed by atoms with Crippen LogP contribution in [0, 0.1) is 6.92 Å². The second-order valence-corrected chi connectivity index (χ2v) is 5.77. The van der Waals surface area contributed by atoms with Crippen molar-refractivity contribution in [2.24, 2.45) is 0 Å².